The Morgan fingerprint density at radius 1 is 1.45 bits per heavy atom. The van der Waals surface area contributed by atoms with Crippen molar-refractivity contribution in [3.8, 4) is 0 Å². The van der Waals surface area contributed by atoms with E-state index in [2.05, 4.69) is 9.97 Å². The number of fused-ring (bicyclic) bond motifs is 1. The zero-order valence-corrected chi connectivity index (χ0v) is 8.12. The number of aromatic nitrogens is 2. The first-order valence-corrected chi connectivity index (χ1v) is 3.04. The summed E-state index contributed by atoms with van der Waals surface area (Å²) in [7, 11) is 0. The molecule has 0 aromatic carbocycles. The fourth-order valence-corrected chi connectivity index (χ4v) is 0.878. The van der Waals surface area contributed by atoms with Gasteiger partial charge >= 0.3 is 0 Å². The second-order valence-corrected chi connectivity index (χ2v) is 2.06. The van der Waals surface area contributed by atoms with Gasteiger partial charge < -0.3 is 4.42 Å². The molecule has 0 radical (unpaired) electrons. The summed E-state index contributed by atoms with van der Waals surface area (Å²) >= 11 is 0. The van der Waals surface area contributed by atoms with Gasteiger partial charge in [0.1, 0.15) is 5.52 Å². The molecular formula is C7H6N2OPt. The van der Waals surface area contributed by atoms with Crippen LogP contribution in [0.2, 0.25) is 0 Å². The van der Waals surface area contributed by atoms with Gasteiger partial charge in [-0.1, -0.05) is 0 Å². The van der Waals surface area contributed by atoms with Gasteiger partial charge in [-0.2, -0.15) is 0 Å². The number of oxazole rings is 1. The Morgan fingerprint density at radius 2 is 2.27 bits per heavy atom. The maximum Gasteiger partial charge on any atom is 0.246 e. The van der Waals surface area contributed by atoms with E-state index >= 15 is 0 Å². The molecule has 11 heavy (non-hydrogen) atoms. The monoisotopic (exact) mass is 329 g/mol. The topological polar surface area (TPSA) is 38.9 Å². The van der Waals surface area contributed by atoms with Crippen LogP contribution in [0.15, 0.2) is 22.7 Å². The molecule has 0 aliphatic rings. The molecule has 0 unspecified atom stereocenters. The molecule has 2 aromatic heterocycles. The number of hydrogen-bond donors (Lipinski definition) is 0. The van der Waals surface area contributed by atoms with Crippen LogP contribution in [-0.2, 0) is 21.1 Å². The fourth-order valence-electron chi connectivity index (χ4n) is 0.878. The molecule has 0 atom stereocenters. The van der Waals surface area contributed by atoms with Crippen molar-refractivity contribution in [2.45, 2.75) is 6.92 Å². The number of pyridine rings is 1. The molecule has 0 aliphatic heterocycles. The third-order valence-electron chi connectivity index (χ3n) is 1.27. The summed E-state index contributed by atoms with van der Waals surface area (Å²) in [4.78, 5) is 8.06. The van der Waals surface area contributed by atoms with Crippen LogP contribution in [-0.4, -0.2) is 9.97 Å². The number of hydrogen-bond acceptors (Lipinski definition) is 3. The minimum atomic E-state index is 0. The molecule has 0 spiro atoms. The summed E-state index contributed by atoms with van der Waals surface area (Å²) < 4.78 is 5.15. The Labute approximate surface area is 78.1 Å². The summed E-state index contributed by atoms with van der Waals surface area (Å²) in [5.41, 5.74) is 1.43. The molecule has 0 bridgehead atoms. The van der Waals surface area contributed by atoms with E-state index in [1.807, 2.05) is 19.1 Å². The van der Waals surface area contributed by atoms with Crippen molar-refractivity contribution in [3.05, 3.63) is 24.2 Å². The van der Waals surface area contributed by atoms with E-state index in [9.17, 15) is 0 Å². The smallest absolute Gasteiger partial charge is 0.246 e. The molecule has 0 aliphatic carbocycles. The van der Waals surface area contributed by atoms with Gasteiger partial charge in [-0.25, -0.2) is 9.97 Å². The Morgan fingerprint density at radius 3 is 3.00 bits per heavy atom. The quantitative estimate of drug-likeness (QED) is 0.736. The van der Waals surface area contributed by atoms with E-state index in [4.69, 9.17) is 4.42 Å². The first-order valence-electron chi connectivity index (χ1n) is 3.04. The second kappa shape index (κ2) is 3.14. The van der Waals surface area contributed by atoms with Gasteiger partial charge in [0, 0.05) is 34.2 Å². The summed E-state index contributed by atoms with van der Waals surface area (Å²) in [5.74, 6) is 0.661. The van der Waals surface area contributed by atoms with Gasteiger partial charge in [0.05, 0.1) is 0 Å². The zero-order valence-electron chi connectivity index (χ0n) is 5.85. The predicted octanol–water partition coefficient (Wildman–Crippen LogP) is 1.53. The van der Waals surface area contributed by atoms with E-state index in [1.54, 1.807) is 6.20 Å². The van der Waals surface area contributed by atoms with E-state index < -0.39 is 0 Å². The van der Waals surface area contributed by atoms with Gasteiger partial charge in [0.15, 0.2) is 5.89 Å². The van der Waals surface area contributed by atoms with Gasteiger partial charge in [-0.05, 0) is 12.1 Å². The summed E-state index contributed by atoms with van der Waals surface area (Å²) in [6, 6.07) is 3.71. The molecule has 2 aromatic rings. The van der Waals surface area contributed by atoms with Crippen molar-refractivity contribution in [1.82, 2.24) is 9.97 Å². The molecule has 3 nitrogen and oxygen atoms in total. The van der Waals surface area contributed by atoms with E-state index in [1.165, 1.54) is 0 Å². The zero-order chi connectivity index (χ0) is 6.97. The van der Waals surface area contributed by atoms with Crippen LogP contribution in [0.4, 0.5) is 0 Å². The van der Waals surface area contributed by atoms with Crippen LogP contribution in [0.5, 0.6) is 0 Å². The normalized spacial score (nSPS) is 9.55. The Hall–Kier alpha value is -0.692. The van der Waals surface area contributed by atoms with Gasteiger partial charge in [-0.15, -0.1) is 0 Å². The molecular weight excluding hydrogens is 323 g/mol. The molecule has 0 saturated carbocycles. The molecule has 0 fully saturated rings. The van der Waals surface area contributed by atoms with Crippen molar-refractivity contribution in [2.24, 2.45) is 0 Å². The summed E-state index contributed by atoms with van der Waals surface area (Å²) in [6.45, 7) is 1.81. The largest absolute Gasteiger partial charge is 0.423 e. The average molecular weight is 329 g/mol. The third-order valence-corrected chi connectivity index (χ3v) is 1.27. The first kappa shape index (κ1) is 8.41. The van der Waals surface area contributed by atoms with Crippen molar-refractivity contribution in [1.29, 1.82) is 0 Å². The Bertz CT molecular complexity index is 325. The van der Waals surface area contributed by atoms with Crippen molar-refractivity contribution in [2.75, 3.05) is 0 Å². The SMILES string of the molecule is Cc1nc2cccnc2o1.[Pt]. The summed E-state index contributed by atoms with van der Waals surface area (Å²) in [6.07, 6.45) is 1.69. The van der Waals surface area contributed by atoms with Crippen LogP contribution in [0, 0.1) is 6.92 Å². The maximum atomic E-state index is 5.15. The van der Waals surface area contributed by atoms with Crippen LogP contribution in [0.1, 0.15) is 5.89 Å². The minimum Gasteiger partial charge on any atom is -0.423 e. The van der Waals surface area contributed by atoms with Crippen molar-refractivity contribution < 1.29 is 25.5 Å². The van der Waals surface area contributed by atoms with Crippen molar-refractivity contribution >= 4 is 11.2 Å². The minimum absolute atomic E-state index is 0. The predicted molar refractivity (Wildman–Crippen MR) is 36.5 cm³/mol. The van der Waals surface area contributed by atoms with Gasteiger partial charge in [-0.3, -0.25) is 0 Å². The fraction of sp³-hybridized carbons (Fsp3) is 0.143. The van der Waals surface area contributed by atoms with Crippen LogP contribution in [0.25, 0.3) is 11.2 Å². The Kier molecular flexibility index (Phi) is 2.40. The van der Waals surface area contributed by atoms with Gasteiger partial charge in [0.25, 0.3) is 0 Å². The number of aryl methyl sites for hydroxylation is 1. The van der Waals surface area contributed by atoms with Crippen LogP contribution >= 0.6 is 0 Å². The number of nitrogens with zero attached hydrogens (tertiary/aromatic N) is 2. The van der Waals surface area contributed by atoms with E-state index in [0.29, 0.717) is 11.6 Å². The molecule has 0 N–H and O–H groups in total. The van der Waals surface area contributed by atoms with Crippen LogP contribution < -0.4 is 0 Å². The molecule has 0 amide bonds. The molecule has 4 heteroatoms. The first-order chi connectivity index (χ1) is 4.86. The molecule has 0 saturated heterocycles. The standard InChI is InChI=1S/C7H6N2O.Pt/c1-5-9-6-3-2-4-8-7(6)10-5;/h2-4H,1H3;. The van der Waals surface area contributed by atoms with Crippen molar-refractivity contribution in [3.63, 3.8) is 0 Å². The second-order valence-electron chi connectivity index (χ2n) is 2.06. The molecule has 60 valence electrons. The van der Waals surface area contributed by atoms with E-state index in [0.717, 1.165) is 5.52 Å². The number of rotatable bonds is 0. The summed E-state index contributed by atoms with van der Waals surface area (Å²) in [5, 5.41) is 0. The average Bonchev–Trinajstić information content (AvgIpc) is 2.27. The Balaban J connectivity index is 0.000000605. The third kappa shape index (κ3) is 1.48. The maximum absolute atomic E-state index is 5.15. The van der Waals surface area contributed by atoms with Gasteiger partial charge in [0.2, 0.25) is 5.71 Å². The molecule has 2 rings (SSSR count). The van der Waals surface area contributed by atoms with E-state index in [-0.39, 0.29) is 21.1 Å². The molecule has 2 heterocycles. The van der Waals surface area contributed by atoms with Crippen LogP contribution in [0.3, 0.4) is 0 Å².